The molecular weight excluding hydrogens is 282 g/mol. The zero-order valence-corrected chi connectivity index (χ0v) is 10.9. The summed E-state index contributed by atoms with van der Waals surface area (Å²) in [5.74, 6) is 0.422. The standard InChI is InChI=1S/C10H15BrF2N2O/c1-7(2)5-16-6-9-8(11)3-14-15(9)4-10(12)13/h3,7,10H,4-6H2,1-2H3. The van der Waals surface area contributed by atoms with Gasteiger partial charge < -0.3 is 4.74 Å². The number of nitrogens with zero attached hydrogens (tertiary/aromatic N) is 2. The normalized spacial score (nSPS) is 11.7. The summed E-state index contributed by atoms with van der Waals surface area (Å²) in [7, 11) is 0. The first-order valence-corrected chi connectivity index (χ1v) is 5.86. The van der Waals surface area contributed by atoms with Crippen molar-refractivity contribution < 1.29 is 13.5 Å². The van der Waals surface area contributed by atoms with Crippen LogP contribution in [0.15, 0.2) is 10.7 Å². The van der Waals surface area contributed by atoms with Gasteiger partial charge in [-0.25, -0.2) is 8.78 Å². The van der Waals surface area contributed by atoms with Crippen molar-refractivity contribution in [3.63, 3.8) is 0 Å². The number of rotatable bonds is 6. The molecule has 0 saturated heterocycles. The van der Waals surface area contributed by atoms with Crippen LogP contribution >= 0.6 is 15.9 Å². The Balaban J connectivity index is 2.59. The summed E-state index contributed by atoms with van der Waals surface area (Å²) in [6.07, 6.45) is -0.896. The maximum absolute atomic E-state index is 12.2. The van der Waals surface area contributed by atoms with Crippen LogP contribution in [-0.2, 0) is 17.9 Å². The van der Waals surface area contributed by atoms with E-state index in [1.54, 1.807) is 0 Å². The molecule has 0 N–H and O–H groups in total. The second-order valence-corrected chi connectivity index (χ2v) is 4.78. The van der Waals surface area contributed by atoms with Crippen molar-refractivity contribution in [1.82, 2.24) is 9.78 Å². The number of aromatic nitrogens is 2. The summed E-state index contributed by atoms with van der Waals surface area (Å²) in [5, 5.41) is 3.86. The van der Waals surface area contributed by atoms with Crippen LogP contribution < -0.4 is 0 Å². The Morgan fingerprint density at radius 2 is 2.19 bits per heavy atom. The highest BCUT2D eigenvalue weighted by atomic mass is 79.9. The van der Waals surface area contributed by atoms with E-state index in [1.165, 1.54) is 10.9 Å². The average Bonchev–Trinajstić information content (AvgIpc) is 2.48. The molecule has 0 bridgehead atoms. The molecule has 0 amide bonds. The predicted octanol–water partition coefficient (Wildman–Crippen LogP) is 3.08. The minimum Gasteiger partial charge on any atom is -0.375 e. The largest absolute Gasteiger partial charge is 0.375 e. The first-order valence-electron chi connectivity index (χ1n) is 5.06. The van der Waals surface area contributed by atoms with Gasteiger partial charge in [-0.3, -0.25) is 4.68 Å². The molecule has 6 heteroatoms. The highest BCUT2D eigenvalue weighted by molar-refractivity contribution is 9.10. The molecule has 3 nitrogen and oxygen atoms in total. The van der Waals surface area contributed by atoms with Crippen LogP contribution in [0.25, 0.3) is 0 Å². The summed E-state index contributed by atoms with van der Waals surface area (Å²) in [4.78, 5) is 0. The lowest BCUT2D eigenvalue weighted by Crippen LogP contribution is -2.13. The van der Waals surface area contributed by atoms with E-state index in [9.17, 15) is 8.78 Å². The fourth-order valence-corrected chi connectivity index (χ4v) is 1.62. The van der Waals surface area contributed by atoms with E-state index >= 15 is 0 Å². The molecule has 0 radical (unpaired) electrons. The molecule has 16 heavy (non-hydrogen) atoms. The van der Waals surface area contributed by atoms with Crippen molar-refractivity contribution >= 4 is 15.9 Å². The van der Waals surface area contributed by atoms with Crippen LogP contribution in [0.3, 0.4) is 0 Å². The second-order valence-electron chi connectivity index (χ2n) is 3.92. The predicted molar refractivity (Wildman–Crippen MR) is 60.4 cm³/mol. The number of hydrogen-bond donors (Lipinski definition) is 0. The van der Waals surface area contributed by atoms with Crippen LogP contribution in [0, 0.1) is 5.92 Å². The molecule has 0 fully saturated rings. The van der Waals surface area contributed by atoms with Gasteiger partial charge in [-0.15, -0.1) is 0 Å². The molecular formula is C10H15BrF2N2O. The summed E-state index contributed by atoms with van der Waals surface area (Å²) >= 11 is 3.27. The van der Waals surface area contributed by atoms with Gasteiger partial charge in [-0.05, 0) is 21.8 Å². The maximum atomic E-state index is 12.2. The molecule has 0 aliphatic heterocycles. The van der Waals surface area contributed by atoms with Crippen molar-refractivity contribution in [1.29, 1.82) is 0 Å². The van der Waals surface area contributed by atoms with E-state index in [2.05, 4.69) is 21.0 Å². The number of alkyl halides is 2. The minimum absolute atomic E-state index is 0.297. The molecule has 1 rings (SSSR count). The maximum Gasteiger partial charge on any atom is 0.257 e. The van der Waals surface area contributed by atoms with Crippen LogP contribution in [0.5, 0.6) is 0 Å². The van der Waals surface area contributed by atoms with Gasteiger partial charge in [0.2, 0.25) is 0 Å². The van der Waals surface area contributed by atoms with E-state index in [-0.39, 0.29) is 0 Å². The third-order valence-corrected chi connectivity index (χ3v) is 2.56. The highest BCUT2D eigenvalue weighted by Crippen LogP contribution is 2.18. The van der Waals surface area contributed by atoms with Gasteiger partial charge in [0.25, 0.3) is 6.43 Å². The lowest BCUT2D eigenvalue weighted by molar-refractivity contribution is 0.0837. The summed E-state index contributed by atoms with van der Waals surface area (Å²) < 4.78 is 31.9. The van der Waals surface area contributed by atoms with Crippen LogP contribution in [0.2, 0.25) is 0 Å². The Hall–Kier alpha value is -0.490. The van der Waals surface area contributed by atoms with E-state index < -0.39 is 13.0 Å². The fraction of sp³-hybridized carbons (Fsp3) is 0.700. The van der Waals surface area contributed by atoms with Gasteiger partial charge in [0.05, 0.1) is 23.0 Å². The summed E-state index contributed by atoms with van der Waals surface area (Å²) in [6, 6.07) is 0. The van der Waals surface area contributed by atoms with Gasteiger partial charge in [0, 0.05) is 6.61 Å². The van der Waals surface area contributed by atoms with Gasteiger partial charge in [-0.2, -0.15) is 5.10 Å². The average molecular weight is 297 g/mol. The molecule has 0 spiro atoms. The Morgan fingerprint density at radius 1 is 1.50 bits per heavy atom. The van der Waals surface area contributed by atoms with E-state index in [0.29, 0.717) is 29.3 Å². The van der Waals surface area contributed by atoms with Crippen molar-refractivity contribution in [3.8, 4) is 0 Å². The van der Waals surface area contributed by atoms with Crippen LogP contribution in [0.1, 0.15) is 19.5 Å². The summed E-state index contributed by atoms with van der Waals surface area (Å²) in [6.45, 7) is 4.57. The van der Waals surface area contributed by atoms with Crippen molar-refractivity contribution in [2.75, 3.05) is 6.61 Å². The zero-order chi connectivity index (χ0) is 12.1. The monoisotopic (exact) mass is 296 g/mol. The van der Waals surface area contributed by atoms with E-state index in [4.69, 9.17) is 4.74 Å². The Morgan fingerprint density at radius 3 is 2.75 bits per heavy atom. The molecule has 1 aromatic rings. The van der Waals surface area contributed by atoms with Crippen molar-refractivity contribution in [2.24, 2.45) is 5.92 Å². The first kappa shape index (κ1) is 13.6. The van der Waals surface area contributed by atoms with Crippen LogP contribution in [-0.4, -0.2) is 22.8 Å². The van der Waals surface area contributed by atoms with Gasteiger partial charge in [-0.1, -0.05) is 13.8 Å². The molecule has 0 aliphatic carbocycles. The Kier molecular flexibility index (Phi) is 5.34. The van der Waals surface area contributed by atoms with E-state index in [1.807, 2.05) is 13.8 Å². The molecule has 1 heterocycles. The van der Waals surface area contributed by atoms with Crippen LogP contribution in [0.4, 0.5) is 8.78 Å². The zero-order valence-electron chi connectivity index (χ0n) is 9.29. The molecule has 0 unspecified atom stereocenters. The van der Waals surface area contributed by atoms with Crippen molar-refractivity contribution in [2.45, 2.75) is 33.4 Å². The SMILES string of the molecule is CC(C)COCc1c(Br)cnn1CC(F)F. The third-order valence-electron chi connectivity index (χ3n) is 1.90. The first-order chi connectivity index (χ1) is 7.50. The number of halogens is 3. The van der Waals surface area contributed by atoms with Crippen molar-refractivity contribution in [3.05, 3.63) is 16.4 Å². The third kappa shape index (κ3) is 4.17. The minimum atomic E-state index is -2.41. The lowest BCUT2D eigenvalue weighted by atomic mass is 10.2. The van der Waals surface area contributed by atoms with Gasteiger partial charge in [0.1, 0.15) is 6.54 Å². The molecule has 0 saturated carbocycles. The fourth-order valence-electron chi connectivity index (χ4n) is 1.21. The van der Waals surface area contributed by atoms with Gasteiger partial charge in [0.15, 0.2) is 0 Å². The molecule has 0 atom stereocenters. The second kappa shape index (κ2) is 6.30. The topological polar surface area (TPSA) is 27.1 Å². The number of hydrogen-bond acceptors (Lipinski definition) is 2. The van der Waals surface area contributed by atoms with Gasteiger partial charge >= 0.3 is 0 Å². The smallest absolute Gasteiger partial charge is 0.257 e. The summed E-state index contributed by atoms with van der Waals surface area (Å²) in [5.41, 5.74) is 0.654. The highest BCUT2D eigenvalue weighted by Gasteiger charge is 2.13. The molecule has 92 valence electrons. The molecule has 0 aliphatic rings. The lowest BCUT2D eigenvalue weighted by Gasteiger charge is -2.09. The Bertz CT molecular complexity index is 329. The van der Waals surface area contributed by atoms with E-state index in [0.717, 1.165) is 0 Å². The molecule has 0 aromatic carbocycles. The number of ether oxygens (including phenoxy) is 1. The quantitative estimate of drug-likeness (QED) is 0.807. The Labute approximate surface area is 102 Å². The molecule has 1 aromatic heterocycles.